The number of hydrogen-bond donors (Lipinski definition) is 1. The first kappa shape index (κ1) is 17.2. The van der Waals surface area contributed by atoms with Crippen LogP contribution in [0.15, 0.2) is 76.3 Å². The van der Waals surface area contributed by atoms with E-state index in [1.807, 2.05) is 66.7 Å². The molecule has 5 heteroatoms. The van der Waals surface area contributed by atoms with Crippen LogP contribution in [0.4, 0.5) is 0 Å². The van der Waals surface area contributed by atoms with E-state index in [-0.39, 0.29) is 5.91 Å². The summed E-state index contributed by atoms with van der Waals surface area (Å²) in [5.41, 5.74) is 3.38. The molecule has 0 saturated carbocycles. The van der Waals surface area contributed by atoms with Gasteiger partial charge in [-0.1, -0.05) is 58.4 Å². The normalized spacial score (nSPS) is 12.2. The van der Waals surface area contributed by atoms with E-state index in [2.05, 4.69) is 26.5 Å². The summed E-state index contributed by atoms with van der Waals surface area (Å²) < 4.78 is 6.67. The number of nitrogens with one attached hydrogen (secondary N) is 1. The first-order valence-corrected chi connectivity index (χ1v) is 8.65. The Kier molecular flexibility index (Phi) is 5.46. The van der Waals surface area contributed by atoms with Crippen molar-refractivity contribution in [3.8, 4) is 5.75 Å². The molecule has 0 aliphatic rings. The number of carbonyl (C=O) groups excluding carboxylic acids is 1. The Morgan fingerprint density at radius 2 is 1.88 bits per heavy atom. The van der Waals surface area contributed by atoms with Gasteiger partial charge in [0.1, 0.15) is 5.75 Å². The third kappa shape index (κ3) is 4.67. The number of fused-ring (bicyclic) bond motifs is 1. The molecule has 0 fully saturated rings. The Labute approximate surface area is 154 Å². The van der Waals surface area contributed by atoms with E-state index in [4.69, 9.17) is 4.74 Å². The predicted molar refractivity (Wildman–Crippen MR) is 104 cm³/mol. The van der Waals surface area contributed by atoms with Crippen LogP contribution in [-0.2, 0) is 4.79 Å². The number of carbonyl (C=O) groups is 1. The van der Waals surface area contributed by atoms with Gasteiger partial charge in [0.25, 0.3) is 5.91 Å². The molecule has 3 aromatic carbocycles. The molecule has 1 N–H and O–H groups in total. The van der Waals surface area contributed by atoms with Crippen LogP contribution < -0.4 is 10.2 Å². The Morgan fingerprint density at radius 3 is 2.68 bits per heavy atom. The summed E-state index contributed by atoms with van der Waals surface area (Å²) in [6.07, 6.45) is 0.937. The second-order valence-corrected chi connectivity index (χ2v) is 6.47. The standard InChI is InChI=1S/C20H17BrN2O2/c1-14(20(24)23-22-13-15-5-4-8-18(21)11-15)25-19-10-9-16-6-2-3-7-17(16)12-19/h2-14H,1H3,(H,23,24)/b22-13-/t14-/m0/s1. The van der Waals surface area contributed by atoms with Crippen molar-refractivity contribution in [2.45, 2.75) is 13.0 Å². The molecule has 25 heavy (non-hydrogen) atoms. The third-order valence-corrected chi connectivity index (χ3v) is 4.13. The highest BCUT2D eigenvalue weighted by Crippen LogP contribution is 2.21. The number of halogens is 1. The van der Waals surface area contributed by atoms with Crippen LogP contribution >= 0.6 is 15.9 Å². The SMILES string of the molecule is C[C@H](Oc1ccc2ccccc2c1)C(=O)N/N=C\c1cccc(Br)c1. The van der Waals surface area contributed by atoms with Crippen molar-refractivity contribution in [1.29, 1.82) is 0 Å². The fourth-order valence-corrected chi connectivity index (χ4v) is 2.76. The van der Waals surface area contributed by atoms with Crippen LogP contribution in [0.1, 0.15) is 12.5 Å². The van der Waals surface area contributed by atoms with Crippen molar-refractivity contribution in [2.24, 2.45) is 5.10 Å². The maximum Gasteiger partial charge on any atom is 0.280 e. The lowest BCUT2D eigenvalue weighted by atomic mass is 10.1. The first-order chi connectivity index (χ1) is 12.1. The Balaban J connectivity index is 1.59. The number of rotatable bonds is 5. The quantitative estimate of drug-likeness (QED) is 0.509. The fraction of sp³-hybridized carbons (Fsp3) is 0.100. The summed E-state index contributed by atoms with van der Waals surface area (Å²) >= 11 is 3.39. The number of benzene rings is 3. The topological polar surface area (TPSA) is 50.7 Å². The molecule has 0 radical (unpaired) electrons. The highest BCUT2D eigenvalue weighted by atomic mass is 79.9. The smallest absolute Gasteiger partial charge is 0.280 e. The highest BCUT2D eigenvalue weighted by molar-refractivity contribution is 9.10. The van der Waals surface area contributed by atoms with Gasteiger partial charge in [0.05, 0.1) is 6.21 Å². The lowest BCUT2D eigenvalue weighted by molar-refractivity contribution is -0.127. The van der Waals surface area contributed by atoms with E-state index in [1.165, 1.54) is 0 Å². The largest absolute Gasteiger partial charge is 0.481 e. The van der Waals surface area contributed by atoms with Crippen LogP contribution in [0, 0.1) is 0 Å². The molecule has 0 spiro atoms. The van der Waals surface area contributed by atoms with Crippen molar-refractivity contribution in [2.75, 3.05) is 0 Å². The van der Waals surface area contributed by atoms with Crippen LogP contribution in [-0.4, -0.2) is 18.2 Å². The molecule has 0 saturated heterocycles. The number of hydrazone groups is 1. The van der Waals surface area contributed by atoms with Crippen molar-refractivity contribution in [3.63, 3.8) is 0 Å². The summed E-state index contributed by atoms with van der Waals surface area (Å²) in [6.45, 7) is 1.69. The maximum absolute atomic E-state index is 12.1. The van der Waals surface area contributed by atoms with E-state index < -0.39 is 6.10 Å². The lowest BCUT2D eigenvalue weighted by Gasteiger charge is -2.13. The predicted octanol–water partition coefficient (Wildman–Crippen LogP) is 4.52. The minimum atomic E-state index is -0.652. The van der Waals surface area contributed by atoms with Gasteiger partial charge in [0, 0.05) is 4.47 Å². The zero-order valence-corrected chi connectivity index (χ0v) is 15.2. The van der Waals surface area contributed by atoms with Gasteiger partial charge in [0.2, 0.25) is 0 Å². The van der Waals surface area contributed by atoms with Crippen LogP contribution in [0.25, 0.3) is 10.8 Å². The molecule has 0 unspecified atom stereocenters. The first-order valence-electron chi connectivity index (χ1n) is 7.86. The molecule has 4 nitrogen and oxygen atoms in total. The third-order valence-electron chi connectivity index (χ3n) is 3.64. The molecule has 126 valence electrons. The van der Waals surface area contributed by atoms with Crippen LogP contribution in [0.2, 0.25) is 0 Å². The molecule has 0 heterocycles. The van der Waals surface area contributed by atoms with Gasteiger partial charge >= 0.3 is 0 Å². The summed E-state index contributed by atoms with van der Waals surface area (Å²) in [6, 6.07) is 21.4. The van der Waals surface area contributed by atoms with E-state index in [1.54, 1.807) is 13.1 Å². The fourth-order valence-electron chi connectivity index (χ4n) is 2.35. The van der Waals surface area contributed by atoms with Gasteiger partial charge in [0.15, 0.2) is 6.10 Å². The molecule has 0 bridgehead atoms. The van der Waals surface area contributed by atoms with E-state index in [9.17, 15) is 4.79 Å². The minimum absolute atomic E-state index is 0.306. The van der Waals surface area contributed by atoms with Gasteiger partial charge in [-0.15, -0.1) is 0 Å². The summed E-state index contributed by atoms with van der Waals surface area (Å²) in [5, 5.41) is 6.17. The average Bonchev–Trinajstić information content (AvgIpc) is 2.61. The molecule has 0 aliphatic heterocycles. The van der Waals surface area contributed by atoms with Gasteiger partial charge < -0.3 is 4.74 Å². The molecule has 0 aliphatic carbocycles. The second-order valence-electron chi connectivity index (χ2n) is 5.56. The van der Waals surface area contributed by atoms with E-state index >= 15 is 0 Å². The van der Waals surface area contributed by atoms with E-state index in [0.717, 1.165) is 20.8 Å². The number of ether oxygens (including phenoxy) is 1. The van der Waals surface area contributed by atoms with Crippen molar-refractivity contribution < 1.29 is 9.53 Å². The van der Waals surface area contributed by atoms with Crippen molar-refractivity contribution >= 4 is 38.8 Å². The maximum atomic E-state index is 12.1. The average molecular weight is 397 g/mol. The van der Waals surface area contributed by atoms with Crippen LogP contribution in [0.3, 0.4) is 0 Å². The van der Waals surface area contributed by atoms with Crippen LogP contribution in [0.5, 0.6) is 5.75 Å². The molecule has 1 atom stereocenters. The second kappa shape index (κ2) is 7.94. The molecular weight excluding hydrogens is 380 g/mol. The lowest BCUT2D eigenvalue weighted by Crippen LogP contribution is -2.33. The summed E-state index contributed by atoms with van der Waals surface area (Å²) in [4.78, 5) is 12.1. The Hall–Kier alpha value is -2.66. The number of nitrogens with zero attached hydrogens (tertiary/aromatic N) is 1. The number of hydrogen-bond acceptors (Lipinski definition) is 3. The van der Waals surface area contributed by atoms with Gasteiger partial charge in [-0.3, -0.25) is 4.79 Å². The molecule has 0 aromatic heterocycles. The molecule has 3 rings (SSSR count). The molecular formula is C20H17BrN2O2. The zero-order valence-electron chi connectivity index (χ0n) is 13.6. The van der Waals surface area contributed by atoms with Gasteiger partial charge in [-0.25, -0.2) is 5.43 Å². The van der Waals surface area contributed by atoms with E-state index in [0.29, 0.717) is 5.75 Å². The molecule has 3 aromatic rings. The Bertz CT molecular complexity index is 924. The minimum Gasteiger partial charge on any atom is -0.481 e. The van der Waals surface area contributed by atoms with Crippen molar-refractivity contribution in [3.05, 3.63) is 76.8 Å². The monoisotopic (exact) mass is 396 g/mol. The van der Waals surface area contributed by atoms with Gasteiger partial charge in [-0.2, -0.15) is 5.10 Å². The molecule has 1 amide bonds. The number of amides is 1. The highest BCUT2D eigenvalue weighted by Gasteiger charge is 2.14. The zero-order chi connectivity index (χ0) is 17.6. The van der Waals surface area contributed by atoms with Crippen molar-refractivity contribution in [1.82, 2.24) is 5.43 Å². The summed E-state index contributed by atoms with van der Waals surface area (Å²) in [7, 11) is 0. The Morgan fingerprint density at radius 1 is 1.08 bits per heavy atom. The summed E-state index contributed by atoms with van der Waals surface area (Å²) in [5.74, 6) is 0.344. The van der Waals surface area contributed by atoms with Gasteiger partial charge in [-0.05, 0) is 47.5 Å².